The highest BCUT2D eigenvalue weighted by Crippen LogP contribution is 2.23. The SMILES string of the molecule is O=C(NCc1csc(-c2ccccc2)n1)c1ccc(F)cc1F. The van der Waals surface area contributed by atoms with E-state index in [0.717, 1.165) is 22.7 Å². The van der Waals surface area contributed by atoms with Crippen molar-refractivity contribution in [3.05, 3.63) is 76.8 Å². The van der Waals surface area contributed by atoms with Gasteiger partial charge in [-0.1, -0.05) is 30.3 Å². The third-order valence-corrected chi connectivity index (χ3v) is 4.12. The van der Waals surface area contributed by atoms with Crippen molar-refractivity contribution >= 4 is 17.2 Å². The van der Waals surface area contributed by atoms with Crippen LogP contribution in [-0.2, 0) is 6.54 Å². The van der Waals surface area contributed by atoms with Crippen LogP contribution >= 0.6 is 11.3 Å². The largest absolute Gasteiger partial charge is 0.346 e. The van der Waals surface area contributed by atoms with Gasteiger partial charge in [-0.25, -0.2) is 13.8 Å². The molecule has 1 N–H and O–H groups in total. The summed E-state index contributed by atoms with van der Waals surface area (Å²) < 4.78 is 26.4. The van der Waals surface area contributed by atoms with Gasteiger partial charge in [0.05, 0.1) is 17.8 Å². The highest BCUT2D eigenvalue weighted by atomic mass is 32.1. The molecule has 1 heterocycles. The molecule has 0 aliphatic carbocycles. The van der Waals surface area contributed by atoms with Crippen molar-refractivity contribution in [2.75, 3.05) is 0 Å². The van der Waals surface area contributed by atoms with Crippen molar-refractivity contribution in [2.24, 2.45) is 0 Å². The van der Waals surface area contributed by atoms with E-state index in [1.165, 1.54) is 11.3 Å². The van der Waals surface area contributed by atoms with Crippen LogP contribution in [0, 0.1) is 11.6 Å². The smallest absolute Gasteiger partial charge is 0.254 e. The molecular formula is C17H12F2N2OS. The molecule has 0 radical (unpaired) electrons. The molecule has 0 spiro atoms. The number of carbonyl (C=O) groups is 1. The highest BCUT2D eigenvalue weighted by Gasteiger charge is 2.13. The molecule has 3 rings (SSSR count). The summed E-state index contributed by atoms with van der Waals surface area (Å²) in [5, 5.41) is 5.27. The van der Waals surface area contributed by atoms with Crippen molar-refractivity contribution < 1.29 is 13.6 Å². The number of aromatic nitrogens is 1. The average Bonchev–Trinajstić information content (AvgIpc) is 3.02. The number of nitrogens with one attached hydrogen (secondary N) is 1. The number of rotatable bonds is 4. The second-order valence-corrected chi connectivity index (χ2v) is 5.67. The number of carbonyl (C=O) groups excluding carboxylic acids is 1. The minimum Gasteiger partial charge on any atom is -0.346 e. The second kappa shape index (κ2) is 6.66. The fourth-order valence-electron chi connectivity index (χ4n) is 2.04. The molecule has 0 bridgehead atoms. The third kappa shape index (κ3) is 3.60. The van der Waals surface area contributed by atoms with Crippen LogP contribution in [0.2, 0.25) is 0 Å². The number of halogens is 2. The van der Waals surface area contributed by atoms with Crippen molar-refractivity contribution in [2.45, 2.75) is 6.54 Å². The van der Waals surface area contributed by atoms with Gasteiger partial charge in [-0.15, -0.1) is 11.3 Å². The summed E-state index contributed by atoms with van der Waals surface area (Å²) in [5.74, 6) is -2.20. The van der Waals surface area contributed by atoms with Crippen LogP contribution in [-0.4, -0.2) is 10.9 Å². The first-order valence-electron chi connectivity index (χ1n) is 6.86. The topological polar surface area (TPSA) is 42.0 Å². The Labute approximate surface area is 135 Å². The molecule has 116 valence electrons. The van der Waals surface area contributed by atoms with Gasteiger partial charge >= 0.3 is 0 Å². The van der Waals surface area contributed by atoms with Gasteiger partial charge in [-0.2, -0.15) is 0 Å². The standard InChI is InChI=1S/C17H12F2N2OS/c18-12-6-7-14(15(19)8-12)16(22)20-9-13-10-23-17(21-13)11-4-2-1-3-5-11/h1-8,10H,9H2,(H,20,22). The van der Waals surface area contributed by atoms with E-state index in [-0.39, 0.29) is 12.1 Å². The first-order valence-corrected chi connectivity index (χ1v) is 7.74. The molecular weight excluding hydrogens is 318 g/mol. The second-order valence-electron chi connectivity index (χ2n) is 4.82. The average molecular weight is 330 g/mol. The molecule has 0 aliphatic heterocycles. The summed E-state index contributed by atoms with van der Waals surface area (Å²) in [6.45, 7) is 0.180. The Kier molecular flexibility index (Phi) is 4.43. The lowest BCUT2D eigenvalue weighted by atomic mass is 10.2. The Balaban J connectivity index is 1.67. The van der Waals surface area contributed by atoms with Crippen molar-refractivity contribution in [3.63, 3.8) is 0 Å². The van der Waals surface area contributed by atoms with Crippen molar-refractivity contribution in [1.82, 2.24) is 10.3 Å². The molecule has 0 saturated heterocycles. The number of hydrogen-bond acceptors (Lipinski definition) is 3. The molecule has 0 saturated carbocycles. The molecule has 0 unspecified atom stereocenters. The summed E-state index contributed by atoms with van der Waals surface area (Å²) in [6.07, 6.45) is 0. The zero-order valence-electron chi connectivity index (χ0n) is 11.9. The van der Waals surface area contributed by atoms with Crippen LogP contribution in [0.4, 0.5) is 8.78 Å². The van der Waals surface area contributed by atoms with Crippen LogP contribution in [0.15, 0.2) is 53.9 Å². The molecule has 1 amide bonds. The fourth-order valence-corrected chi connectivity index (χ4v) is 2.87. The van der Waals surface area contributed by atoms with Crippen LogP contribution < -0.4 is 5.32 Å². The van der Waals surface area contributed by atoms with Gasteiger partial charge in [0, 0.05) is 17.0 Å². The Hall–Kier alpha value is -2.60. The molecule has 0 fully saturated rings. The minimum atomic E-state index is -0.884. The van der Waals surface area contributed by atoms with Gasteiger partial charge in [-0.3, -0.25) is 4.79 Å². The molecule has 6 heteroatoms. The van der Waals surface area contributed by atoms with Gasteiger partial charge in [0.25, 0.3) is 5.91 Å². The zero-order valence-corrected chi connectivity index (χ0v) is 12.7. The van der Waals surface area contributed by atoms with E-state index in [4.69, 9.17) is 0 Å². The van der Waals surface area contributed by atoms with Crippen LogP contribution in [0.5, 0.6) is 0 Å². The number of thiazole rings is 1. The molecule has 1 aromatic heterocycles. The van der Waals surface area contributed by atoms with Crippen molar-refractivity contribution in [1.29, 1.82) is 0 Å². The Morgan fingerprint density at radius 3 is 2.65 bits per heavy atom. The molecule has 0 atom stereocenters. The highest BCUT2D eigenvalue weighted by molar-refractivity contribution is 7.13. The maximum atomic E-state index is 13.5. The molecule has 0 aliphatic rings. The summed E-state index contributed by atoms with van der Waals surface area (Å²) in [6, 6.07) is 12.5. The Bertz CT molecular complexity index is 834. The van der Waals surface area contributed by atoms with E-state index < -0.39 is 17.5 Å². The van der Waals surface area contributed by atoms with Crippen LogP contribution in [0.1, 0.15) is 16.1 Å². The number of nitrogens with zero attached hydrogens (tertiary/aromatic N) is 1. The van der Waals surface area contributed by atoms with Gasteiger partial charge in [0.1, 0.15) is 16.6 Å². The lowest BCUT2D eigenvalue weighted by Gasteiger charge is -2.04. The van der Waals surface area contributed by atoms with Gasteiger partial charge in [-0.05, 0) is 12.1 Å². The first kappa shape index (κ1) is 15.3. The summed E-state index contributed by atoms with van der Waals surface area (Å²) in [5.41, 5.74) is 1.49. The van der Waals surface area contributed by atoms with E-state index in [0.29, 0.717) is 11.8 Å². The van der Waals surface area contributed by atoms with Gasteiger partial charge in [0.2, 0.25) is 0 Å². The van der Waals surface area contributed by atoms with Crippen molar-refractivity contribution in [3.8, 4) is 10.6 Å². The van der Waals surface area contributed by atoms with E-state index in [1.54, 1.807) is 0 Å². The monoisotopic (exact) mass is 330 g/mol. The van der Waals surface area contributed by atoms with E-state index in [9.17, 15) is 13.6 Å². The van der Waals surface area contributed by atoms with Gasteiger partial charge < -0.3 is 5.32 Å². The van der Waals surface area contributed by atoms with Gasteiger partial charge in [0.15, 0.2) is 0 Å². The minimum absolute atomic E-state index is 0.180. The lowest BCUT2D eigenvalue weighted by molar-refractivity contribution is 0.0946. The number of hydrogen-bond donors (Lipinski definition) is 1. The Morgan fingerprint density at radius 1 is 1.13 bits per heavy atom. The van der Waals surface area contributed by atoms with E-state index in [1.807, 2.05) is 35.7 Å². The zero-order chi connectivity index (χ0) is 16.2. The molecule has 3 aromatic rings. The Morgan fingerprint density at radius 2 is 1.91 bits per heavy atom. The van der Waals surface area contributed by atoms with E-state index in [2.05, 4.69) is 10.3 Å². The van der Waals surface area contributed by atoms with E-state index >= 15 is 0 Å². The predicted molar refractivity (Wildman–Crippen MR) is 85.1 cm³/mol. The summed E-state index contributed by atoms with van der Waals surface area (Å²) in [7, 11) is 0. The predicted octanol–water partition coefficient (Wildman–Crippen LogP) is 4.02. The normalized spacial score (nSPS) is 10.5. The summed E-state index contributed by atoms with van der Waals surface area (Å²) in [4.78, 5) is 16.4. The fraction of sp³-hybridized carbons (Fsp3) is 0.0588. The van der Waals surface area contributed by atoms with Crippen LogP contribution in [0.3, 0.4) is 0 Å². The molecule has 23 heavy (non-hydrogen) atoms. The molecule has 3 nitrogen and oxygen atoms in total. The maximum Gasteiger partial charge on any atom is 0.254 e. The third-order valence-electron chi connectivity index (χ3n) is 3.18. The number of benzene rings is 2. The lowest BCUT2D eigenvalue weighted by Crippen LogP contribution is -2.24. The first-order chi connectivity index (χ1) is 11.1. The quantitative estimate of drug-likeness (QED) is 0.785. The molecule has 2 aromatic carbocycles. The maximum absolute atomic E-state index is 13.5. The van der Waals surface area contributed by atoms with Crippen LogP contribution in [0.25, 0.3) is 10.6 Å². The summed E-state index contributed by atoms with van der Waals surface area (Å²) >= 11 is 1.47. The number of amides is 1.